The fourth-order valence-electron chi connectivity index (χ4n) is 1.85. The van der Waals surface area contributed by atoms with Gasteiger partial charge in [-0.15, -0.1) is 0 Å². The number of hydrogen-bond donors (Lipinski definition) is 1. The highest BCUT2D eigenvalue weighted by molar-refractivity contribution is 5.64. The average Bonchev–Trinajstić information content (AvgIpc) is 2.36. The van der Waals surface area contributed by atoms with Crippen LogP contribution in [0.2, 0.25) is 0 Å². The van der Waals surface area contributed by atoms with E-state index >= 15 is 0 Å². The van der Waals surface area contributed by atoms with E-state index in [-0.39, 0.29) is 5.82 Å². The Kier molecular flexibility index (Phi) is 4.22. The molecule has 4 heteroatoms. The smallest absolute Gasteiger partial charge is 0.128 e. The maximum absolute atomic E-state index is 13.8. The van der Waals surface area contributed by atoms with E-state index in [4.69, 9.17) is 0 Å². The van der Waals surface area contributed by atoms with Crippen LogP contribution in [0.1, 0.15) is 12.5 Å². The summed E-state index contributed by atoms with van der Waals surface area (Å²) in [7, 11) is 0. The number of rotatable bonds is 4. The summed E-state index contributed by atoms with van der Waals surface area (Å²) < 4.78 is 40.1. The Morgan fingerprint density at radius 1 is 0.895 bits per heavy atom. The third-order valence-electron chi connectivity index (χ3n) is 2.81. The second-order valence-corrected chi connectivity index (χ2v) is 4.24. The second kappa shape index (κ2) is 5.89. The van der Waals surface area contributed by atoms with Gasteiger partial charge in [0.25, 0.3) is 0 Å². The lowest BCUT2D eigenvalue weighted by Crippen LogP contribution is -2.12. The van der Waals surface area contributed by atoms with Gasteiger partial charge in [0.2, 0.25) is 0 Å². The monoisotopic (exact) mass is 265 g/mol. The van der Waals surface area contributed by atoms with Gasteiger partial charge in [0, 0.05) is 18.2 Å². The molecule has 0 spiro atoms. The van der Waals surface area contributed by atoms with Crippen molar-refractivity contribution in [3.05, 3.63) is 59.4 Å². The molecule has 19 heavy (non-hydrogen) atoms. The van der Waals surface area contributed by atoms with Gasteiger partial charge in [0.1, 0.15) is 17.5 Å². The van der Waals surface area contributed by atoms with Gasteiger partial charge in [-0.05, 0) is 35.9 Å². The predicted molar refractivity (Wildman–Crippen MR) is 69.1 cm³/mol. The van der Waals surface area contributed by atoms with Crippen LogP contribution in [0.25, 0.3) is 11.1 Å². The second-order valence-electron chi connectivity index (χ2n) is 4.24. The van der Waals surface area contributed by atoms with E-state index in [1.165, 1.54) is 18.2 Å². The molecule has 0 atom stereocenters. The molecule has 0 aliphatic heterocycles. The molecule has 1 N–H and O–H groups in total. The van der Waals surface area contributed by atoms with Crippen LogP contribution in [-0.4, -0.2) is 6.54 Å². The minimum atomic E-state index is -0.674. The molecule has 0 radical (unpaired) electrons. The van der Waals surface area contributed by atoms with Gasteiger partial charge in [-0.3, -0.25) is 0 Å². The molecular weight excluding hydrogens is 251 g/mol. The first kappa shape index (κ1) is 13.6. The molecule has 100 valence electrons. The first-order chi connectivity index (χ1) is 9.10. The summed E-state index contributed by atoms with van der Waals surface area (Å²) in [6.45, 7) is 3.11. The lowest BCUT2D eigenvalue weighted by Gasteiger charge is -2.07. The van der Waals surface area contributed by atoms with E-state index in [0.717, 1.165) is 12.6 Å². The SMILES string of the molecule is CCNCc1ccc(-c2cc(F)cc(F)c2)cc1F. The zero-order valence-electron chi connectivity index (χ0n) is 10.5. The van der Waals surface area contributed by atoms with Gasteiger partial charge in [-0.1, -0.05) is 19.1 Å². The standard InChI is InChI=1S/C15H14F3N/c1-2-19-9-11-4-3-10(7-15(11)18)12-5-13(16)8-14(17)6-12/h3-8,19H,2,9H2,1H3. The van der Waals surface area contributed by atoms with Crippen LogP contribution in [-0.2, 0) is 6.54 Å². The molecule has 0 saturated carbocycles. The molecule has 2 rings (SSSR count). The summed E-state index contributed by atoms with van der Waals surface area (Å²) >= 11 is 0. The summed E-state index contributed by atoms with van der Waals surface area (Å²) in [4.78, 5) is 0. The van der Waals surface area contributed by atoms with Crippen LogP contribution < -0.4 is 5.32 Å². The molecule has 0 saturated heterocycles. The fraction of sp³-hybridized carbons (Fsp3) is 0.200. The molecule has 0 aromatic heterocycles. The molecule has 0 amide bonds. The highest BCUT2D eigenvalue weighted by atomic mass is 19.1. The summed E-state index contributed by atoms with van der Waals surface area (Å²) in [6, 6.07) is 7.73. The maximum Gasteiger partial charge on any atom is 0.128 e. The molecule has 0 bridgehead atoms. The zero-order valence-corrected chi connectivity index (χ0v) is 10.5. The highest BCUT2D eigenvalue weighted by Gasteiger charge is 2.07. The van der Waals surface area contributed by atoms with Gasteiger partial charge in [0.15, 0.2) is 0 Å². The Bertz CT molecular complexity index is 561. The van der Waals surface area contributed by atoms with E-state index in [1.807, 2.05) is 6.92 Å². The topological polar surface area (TPSA) is 12.0 Å². The number of hydrogen-bond acceptors (Lipinski definition) is 1. The van der Waals surface area contributed by atoms with Gasteiger partial charge in [0.05, 0.1) is 0 Å². The van der Waals surface area contributed by atoms with Crippen molar-refractivity contribution in [2.75, 3.05) is 6.54 Å². The van der Waals surface area contributed by atoms with Crippen molar-refractivity contribution in [1.29, 1.82) is 0 Å². The molecule has 0 aliphatic rings. The molecule has 2 aromatic carbocycles. The van der Waals surface area contributed by atoms with E-state index in [9.17, 15) is 13.2 Å². The summed E-state index contributed by atoms with van der Waals surface area (Å²) in [6.07, 6.45) is 0. The lowest BCUT2D eigenvalue weighted by atomic mass is 10.0. The Morgan fingerprint density at radius 3 is 2.16 bits per heavy atom. The average molecular weight is 265 g/mol. The van der Waals surface area contributed by atoms with Crippen LogP contribution in [0.3, 0.4) is 0 Å². The maximum atomic E-state index is 13.8. The normalized spacial score (nSPS) is 10.7. The van der Waals surface area contributed by atoms with Crippen molar-refractivity contribution in [1.82, 2.24) is 5.32 Å². The van der Waals surface area contributed by atoms with E-state index < -0.39 is 11.6 Å². The number of benzene rings is 2. The van der Waals surface area contributed by atoms with Crippen molar-refractivity contribution >= 4 is 0 Å². The third kappa shape index (κ3) is 3.35. The lowest BCUT2D eigenvalue weighted by molar-refractivity contribution is 0.583. The Hall–Kier alpha value is -1.81. The minimum absolute atomic E-state index is 0.325. The zero-order chi connectivity index (χ0) is 13.8. The van der Waals surface area contributed by atoms with Gasteiger partial charge >= 0.3 is 0 Å². The van der Waals surface area contributed by atoms with E-state index in [0.29, 0.717) is 23.2 Å². The molecule has 0 fully saturated rings. The Balaban J connectivity index is 2.33. The van der Waals surface area contributed by atoms with E-state index in [1.54, 1.807) is 12.1 Å². The van der Waals surface area contributed by atoms with Crippen LogP contribution in [0, 0.1) is 17.5 Å². The summed E-state index contributed by atoms with van der Waals surface area (Å²) in [5, 5.41) is 3.02. The molecule has 1 nitrogen and oxygen atoms in total. The quantitative estimate of drug-likeness (QED) is 0.884. The van der Waals surface area contributed by atoms with Gasteiger partial charge in [-0.25, -0.2) is 13.2 Å². The van der Waals surface area contributed by atoms with Crippen molar-refractivity contribution < 1.29 is 13.2 Å². The van der Waals surface area contributed by atoms with Crippen LogP contribution in [0.5, 0.6) is 0 Å². The minimum Gasteiger partial charge on any atom is -0.313 e. The molecular formula is C15H14F3N. The Labute approximate surface area is 110 Å². The number of nitrogens with one attached hydrogen (secondary N) is 1. The van der Waals surface area contributed by atoms with Crippen molar-refractivity contribution in [2.24, 2.45) is 0 Å². The van der Waals surface area contributed by atoms with Crippen LogP contribution in [0.4, 0.5) is 13.2 Å². The molecule has 0 heterocycles. The van der Waals surface area contributed by atoms with Crippen molar-refractivity contribution in [3.8, 4) is 11.1 Å². The first-order valence-electron chi connectivity index (χ1n) is 6.05. The Morgan fingerprint density at radius 2 is 1.58 bits per heavy atom. The summed E-state index contributed by atoms with van der Waals surface area (Å²) in [5.74, 6) is -1.73. The summed E-state index contributed by atoms with van der Waals surface area (Å²) in [5.41, 5.74) is 1.31. The molecule has 0 unspecified atom stereocenters. The number of halogens is 3. The van der Waals surface area contributed by atoms with Gasteiger partial charge < -0.3 is 5.32 Å². The predicted octanol–water partition coefficient (Wildman–Crippen LogP) is 3.88. The van der Waals surface area contributed by atoms with Crippen molar-refractivity contribution in [3.63, 3.8) is 0 Å². The largest absolute Gasteiger partial charge is 0.313 e. The van der Waals surface area contributed by atoms with Crippen molar-refractivity contribution in [2.45, 2.75) is 13.5 Å². The van der Waals surface area contributed by atoms with Crippen LogP contribution in [0.15, 0.2) is 36.4 Å². The molecule has 2 aromatic rings. The fourth-order valence-corrected chi connectivity index (χ4v) is 1.85. The third-order valence-corrected chi connectivity index (χ3v) is 2.81. The van der Waals surface area contributed by atoms with Crippen LogP contribution >= 0.6 is 0 Å². The highest BCUT2D eigenvalue weighted by Crippen LogP contribution is 2.23. The molecule has 0 aliphatic carbocycles. The first-order valence-corrected chi connectivity index (χ1v) is 6.05. The van der Waals surface area contributed by atoms with E-state index in [2.05, 4.69) is 5.32 Å². The van der Waals surface area contributed by atoms with Gasteiger partial charge in [-0.2, -0.15) is 0 Å².